The fourth-order valence-corrected chi connectivity index (χ4v) is 2.62. The van der Waals surface area contributed by atoms with Crippen LogP contribution < -0.4 is 10.6 Å². The van der Waals surface area contributed by atoms with Gasteiger partial charge >= 0.3 is 12.1 Å². The van der Waals surface area contributed by atoms with Crippen LogP contribution in [0.1, 0.15) is 59.8 Å². The van der Waals surface area contributed by atoms with Crippen molar-refractivity contribution in [3.05, 3.63) is 0 Å². The number of hydrogen-bond acceptors (Lipinski definition) is 5. The Morgan fingerprint density at radius 2 is 1.79 bits per heavy atom. The van der Waals surface area contributed by atoms with Gasteiger partial charge in [0.2, 0.25) is 0 Å². The van der Waals surface area contributed by atoms with Crippen molar-refractivity contribution < 1.29 is 19.1 Å². The quantitative estimate of drug-likeness (QED) is 0.162. The minimum atomic E-state index is -0.469. The van der Waals surface area contributed by atoms with Gasteiger partial charge in [0.1, 0.15) is 5.60 Å². The topological polar surface area (TPSA) is 92.3 Å². The minimum Gasteiger partial charge on any atom is -0.466 e. The van der Waals surface area contributed by atoms with Gasteiger partial charge in [0, 0.05) is 33.1 Å². The van der Waals surface area contributed by atoms with Gasteiger partial charge in [-0.25, -0.2) is 4.79 Å². The van der Waals surface area contributed by atoms with Gasteiger partial charge in [-0.3, -0.25) is 9.79 Å². The largest absolute Gasteiger partial charge is 0.466 e. The van der Waals surface area contributed by atoms with E-state index in [9.17, 15) is 9.59 Å². The summed E-state index contributed by atoms with van der Waals surface area (Å²) in [6.45, 7) is 9.91. The molecule has 0 aromatic carbocycles. The van der Waals surface area contributed by atoms with E-state index in [-0.39, 0.29) is 42.1 Å². The Morgan fingerprint density at radius 3 is 2.36 bits per heavy atom. The zero-order chi connectivity index (χ0) is 20.3. The molecule has 1 heterocycles. The third kappa shape index (κ3) is 11.6. The van der Waals surface area contributed by atoms with Crippen molar-refractivity contribution in [2.45, 2.75) is 71.4 Å². The Morgan fingerprint density at radius 1 is 1.14 bits per heavy atom. The minimum absolute atomic E-state index is 0. The van der Waals surface area contributed by atoms with E-state index in [0.717, 1.165) is 38.2 Å². The third-order valence-electron chi connectivity index (χ3n) is 4.00. The molecule has 0 radical (unpaired) electrons. The Bertz CT molecular complexity index is 503. The summed E-state index contributed by atoms with van der Waals surface area (Å²) in [7, 11) is 1.74. The molecule has 2 N–H and O–H groups in total. The van der Waals surface area contributed by atoms with E-state index in [4.69, 9.17) is 9.47 Å². The van der Waals surface area contributed by atoms with Crippen LogP contribution in [0.2, 0.25) is 0 Å². The Kier molecular flexibility index (Phi) is 13.2. The van der Waals surface area contributed by atoms with Gasteiger partial charge in [0.15, 0.2) is 5.96 Å². The monoisotopic (exact) mass is 512 g/mol. The summed E-state index contributed by atoms with van der Waals surface area (Å²) in [5.74, 6) is 0.636. The zero-order valence-electron chi connectivity index (χ0n) is 17.9. The number of aliphatic imine (C=N–C) groups is 1. The maximum atomic E-state index is 11.9. The fourth-order valence-electron chi connectivity index (χ4n) is 2.62. The third-order valence-corrected chi connectivity index (χ3v) is 4.00. The summed E-state index contributed by atoms with van der Waals surface area (Å²) >= 11 is 0. The first-order valence-electron chi connectivity index (χ1n) is 9.86. The van der Waals surface area contributed by atoms with Crippen LogP contribution in [0.15, 0.2) is 4.99 Å². The summed E-state index contributed by atoms with van der Waals surface area (Å²) in [5, 5.41) is 6.59. The first-order chi connectivity index (χ1) is 12.7. The Hall–Kier alpha value is -1.26. The van der Waals surface area contributed by atoms with Crippen LogP contribution in [0.25, 0.3) is 0 Å². The smallest absolute Gasteiger partial charge is 0.410 e. The average molecular weight is 512 g/mol. The van der Waals surface area contributed by atoms with Crippen LogP contribution in [0.3, 0.4) is 0 Å². The van der Waals surface area contributed by atoms with Crippen molar-refractivity contribution in [2.24, 2.45) is 4.99 Å². The molecule has 28 heavy (non-hydrogen) atoms. The number of halogens is 1. The van der Waals surface area contributed by atoms with E-state index in [1.165, 1.54) is 0 Å². The predicted molar refractivity (Wildman–Crippen MR) is 121 cm³/mol. The number of nitrogens with one attached hydrogen (secondary N) is 2. The molecule has 0 aromatic rings. The van der Waals surface area contributed by atoms with E-state index in [1.54, 1.807) is 11.9 Å². The molecule has 8 nitrogen and oxygen atoms in total. The average Bonchev–Trinajstić information content (AvgIpc) is 2.53. The molecule has 1 aliphatic rings. The first-order valence-corrected chi connectivity index (χ1v) is 9.86. The summed E-state index contributed by atoms with van der Waals surface area (Å²) in [6, 6.07) is 0.188. The number of esters is 1. The highest BCUT2D eigenvalue weighted by atomic mass is 127. The number of rotatable bonds is 9. The Balaban J connectivity index is 0.00000729. The number of likely N-dealkylation sites (tertiary alicyclic amines) is 1. The molecule has 1 rings (SSSR count). The summed E-state index contributed by atoms with van der Waals surface area (Å²) in [5.41, 5.74) is -0.469. The molecule has 0 saturated carbocycles. The number of carbonyl (C=O) groups is 2. The predicted octanol–water partition coefficient (Wildman–Crippen LogP) is 2.90. The number of ether oxygens (including phenoxy) is 2. The van der Waals surface area contributed by atoms with Gasteiger partial charge in [-0.1, -0.05) is 12.8 Å². The van der Waals surface area contributed by atoms with Crippen molar-refractivity contribution in [2.75, 3.05) is 33.3 Å². The summed E-state index contributed by atoms with van der Waals surface area (Å²) in [4.78, 5) is 29.1. The van der Waals surface area contributed by atoms with Crippen molar-refractivity contribution in [1.82, 2.24) is 15.5 Å². The maximum Gasteiger partial charge on any atom is 0.410 e. The molecule has 0 aliphatic carbocycles. The highest BCUT2D eigenvalue weighted by molar-refractivity contribution is 14.0. The molecular weight excluding hydrogens is 475 g/mol. The molecule has 1 fully saturated rings. The summed E-state index contributed by atoms with van der Waals surface area (Å²) < 4.78 is 10.3. The van der Waals surface area contributed by atoms with Gasteiger partial charge < -0.3 is 25.0 Å². The van der Waals surface area contributed by atoms with E-state index >= 15 is 0 Å². The van der Waals surface area contributed by atoms with E-state index in [2.05, 4.69) is 15.6 Å². The molecule has 0 unspecified atom stereocenters. The van der Waals surface area contributed by atoms with Crippen LogP contribution in [0.5, 0.6) is 0 Å². The van der Waals surface area contributed by atoms with Gasteiger partial charge in [0.25, 0.3) is 0 Å². The SMILES string of the molecule is CCOC(=O)CCCCCCNC(=NC)NC1CN(C(=O)OC(C)(C)C)C1.I. The van der Waals surface area contributed by atoms with Gasteiger partial charge in [-0.15, -0.1) is 24.0 Å². The molecule has 164 valence electrons. The molecule has 1 saturated heterocycles. The van der Waals surface area contributed by atoms with Crippen molar-refractivity contribution >= 4 is 42.0 Å². The second-order valence-corrected chi connectivity index (χ2v) is 7.69. The molecule has 0 atom stereocenters. The number of carbonyl (C=O) groups excluding carboxylic acids is 2. The van der Waals surface area contributed by atoms with Crippen molar-refractivity contribution in [3.63, 3.8) is 0 Å². The highest BCUT2D eigenvalue weighted by Gasteiger charge is 2.34. The Labute approximate surface area is 186 Å². The lowest BCUT2D eigenvalue weighted by molar-refractivity contribution is -0.143. The van der Waals surface area contributed by atoms with Crippen molar-refractivity contribution in [3.8, 4) is 0 Å². The van der Waals surface area contributed by atoms with Crippen LogP contribution in [-0.4, -0.2) is 67.9 Å². The lowest BCUT2D eigenvalue weighted by Gasteiger charge is -2.40. The number of guanidine groups is 1. The first kappa shape index (κ1) is 26.7. The molecule has 1 amide bonds. The van der Waals surface area contributed by atoms with E-state index in [1.807, 2.05) is 27.7 Å². The molecule has 0 bridgehead atoms. The summed E-state index contributed by atoms with van der Waals surface area (Å²) in [6.07, 6.45) is 4.18. The van der Waals surface area contributed by atoms with Crippen LogP contribution in [0.4, 0.5) is 4.79 Å². The van der Waals surface area contributed by atoms with Crippen molar-refractivity contribution in [1.29, 1.82) is 0 Å². The van der Waals surface area contributed by atoms with E-state index < -0.39 is 5.60 Å². The fraction of sp³-hybridized carbons (Fsp3) is 0.842. The number of amides is 1. The van der Waals surface area contributed by atoms with E-state index in [0.29, 0.717) is 26.1 Å². The maximum absolute atomic E-state index is 11.9. The lowest BCUT2D eigenvalue weighted by atomic mass is 10.1. The zero-order valence-corrected chi connectivity index (χ0v) is 20.2. The lowest BCUT2D eigenvalue weighted by Crippen LogP contribution is -2.63. The number of nitrogens with zero attached hydrogens (tertiary/aromatic N) is 2. The normalized spacial score (nSPS) is 14.6. The molecule has 0 spiro atoms. The van der Waals surface area contributed by atoms with Gasteiger partial charge in [-0.05, 0) is 40.5 Å². The van der Waals surface area contributed by atoms with Gasteiger partial charge in [-0.2, -0.15) is 0 Å². The second kappa shape index (κ2) is 13.8. The molecular formula is C19H37IN4O4. The van der Waals surface area contributed by atoms with Crippen LogP contribution >= 0.6 is 24.0 Å². The van der Waals surface area contributed by atoms with Gasteiger partial charge in [0.05, 0.1) is 12.6 Å². The van der Waals surface area contributed by atoms with Crippen LogP contribution in [-0.2, 0) is 14.3 Å². The number of hydrogen-bond donors (Lipinski definition) is 2. The molecule has 1 aliphatic heterocycles. The number of unbranched alkanes of at least 4 members (excludes halogenated alkanes) is 3. The standard InChI is InChI=1S/C19H36N4O4.HI/c1-6-26-16(24)11-9-7-8-10-12-21-17(20-5)22-15-13-23(14-15)18(25)27-19(2,3)4;/h15H,6-14H2,1-5H3,(H2,20,21,22);1H. The second-order valence-electron chi connectivity index (χ2n) is 7.69. The highest BCUT2D eigenvalue weighted by Crippen LogP contribution is 2.15. The molecule has 0 aromatic heterocycles. The van der Waals surface area contributed by atoms with Crippen LogP contribution in [0, 0.1) is 0 Å². The molecule has 9 heteroatoms.